The van der Waals surface area contributed by atoms with Gasteiger partial charge in [-0.2, -0.15) is 0 Å². The molecule has 1 amide bonds. The number of hydrogen-bond donors (Lipinski definition) is 1. The predicted molar refractivity (Wildman–Crippen MR) is 87.4 cm³/mol. The maximum absolute atomic E-state index is 12.0. The first-order valence-electron chi connectivity index (χ1n) is 7.63. The minimum absolute atomic E-state index is 0.00224. The lowest BCUT2D eigenvalue weighted by molar-refractivity contribution is -0.143. The molecule has 0 aliphatic carbocycles. The number of amides is 1. The smallest absolute Gasteiger partial charge is 0.249 e. The Bertz CT molecular complexity index is 690. The Labute approximate surface area is 135 Å². The fourth-order valence-corrected chi connectivity index (χ4v) is 2.69. The molecular formula is C17H20N4O2. The summed E-state index contributed by atoms with van der Waals surface area (Å²) in [6.45, 7) is 2.71. The predicted octanol–water partition coefficient (Wildman–Crippen LogP) is 2.45. The standard InChI is InChI=1S/C17H20N4O2/c1-12-18-14(15-8-9-21(15)17(22)11-23-2)10-16(19-12)20-13-6-4-3-5-7-13/h3-7,10,15H,8-9,11H2,1-2H3,(H,18,19,20)/t15-/m0/s1. The van der Waals surface area contributed by atoms with Crippen LogP contribution >= 0.6 is 0 Å². The molecule has 0 bridgehead atoms. The third kappa shape index (κ3) is 3.48. The van der Waals surface area contributed by atoms with Crippen molar-refractivity contribution >= 4 is 17.4 Å². The maximum atomic E-state index is 12.0. The highest BCUT2D eigenvalue weighted by molar-refractivity contribution is 5.78. The number of ether oxygens (including phenoxy) is 1. The summed E-state index contributed by atoms with van der Waals surface area (Å²) in [6.07, 6.45) is 0.913. The second-order valence-electron chi connectivity index (χ2n) is 5.54. The van der Waals surface area contributed by atoms with Gasteiger partial charge in [-0.1, -0.05) is 18.2 Å². The number of carbonyl (C=O) groups is 1. The van der Waals surface area contributed by atoms with E-state index in [0.717, 1.165) is 30.2 Å². The molecule has 1 fully saturated rings. The number of aryl methyl sites for hydroxylation is 1. The quantitative estimate of drug-likeness (QED) is 0.918. The van der Waals surface area contributed by atoms with Crippen LogP contribution in [0.4, 0.5) is 11.5 Å². The number of rotatable bonds is 5. The molecule has 2 aromatic rings. The molecule has 0 saturated carbocycles. The fraction of sp³-hybridized carbons (Fsp3) is 0.353. The van der Waals surface area contributed by atoms with Crippen LogP contribution in [0.1, 0.15) is 24.0 Å². The number of aromatic nitrogens is 2. The minimum Gasteiger partial charge on any atom is -0.375 e. The zero-order chi connectivity index (χ0) is 16.2. The molecule has 2 heterocycles. The zero-order valence-corrected chi connectivity index (χ0v) is 13.3. The van der Waals surface area contributed by atoms with E-state index < -0.39 is 0 Å². The van der Waals surface area contributed by atoms with Gasteiger partial charge in [0.15, 0.2) is 0 Å². The number of nitrogens with zero attached hydrogens (tertiary/aromatic N) is 3. The second kappa shape index (κ2) is 6.75. The molecule has 1 aromatic heterocycles. The van der Waals surface area contributed by atoms with Gasteiger partial charge in [0.25, 0.3) is 0 Å². The molecule has 6 heteroatoms. The summed E-state index contributed by atoms with van der Waals surface area (Å²) in [7, 11) is 1.53. The van der Waals surface area contributed by atoms with Crippen LogP contribution in [0.5, 0.6) is 0 Å². The molecule has 120 valence electrons. The summed E-state index contributed by atoms with van der Waals surface area (Å²) in [5.74, 6) is 1.43. The van der Waals surface area contributed by atoms with Crippen molar-refractivity contribution in [2.45, 2.75) is 19.4 Å². The van der Waals surface area contributed by atoms with Crippen LogP contribution in [0.15, 0.2) is 36.4 Å². The Morgan fingerprint density at radius 3 is 2.78 bits per heavy atom. The van der Waals surface area contributed by atoms with E-state index in [4.69, 9.17) is 4.74 Å². The van der Waals surface area contributed by atoms with Crippen LogP contribution in [0.2, 0.25) is 0 Å². The maximum Gasteiger partial charge on any atom is 0.249 e. The van der Waals surface area contributed by atoms with Gasteiger partial charge in [0.2, 0.25) is 5.91 Å². The Balaban J connectivity index is 1.79. The number of hydrogen-bond acceptors (Lipinski definition) is 5. The number of nitrogens with one attached hydrogen (secondary N) is 1. The SMILES string of the molecule is COCC(=O)N1CC[C@H]1c1cc(Nc2ccccc2)nc(C)n1. The monoisotopic (exact) mass is 312 g/mol. The Morgan fingerprint density at radius 2 is 2.13 bits per heavy atom. The molecule has 1 aliphatic rings. The Morgan fingerprint density at radius 1 is 1.35 bits per heavy atom. The van der Waals surface area contributed by atoms with E-state index in [1.54, 1.807) is 4.90 Å². The molecule has 0 spiro atoms. The third-order valence-corrected chi connectivity index (χ3v) is 3.85. The summed E-state index contributed by atoms with van der Waals surface area (Å²) >= 11 is 0. The van der Waals surface area contributed by atoms with Crippen LogP contribution in [-0.2, 0) is 9.53 Å². The van der Waals surface area contributed by atoms with Crippen LogP contribution < -0.4 is 5.32 Å². The van der Waals surface area contributed by atoms with Crippen LogP contribution in [0.3, 0.4) is 0 Å². The molecule has 1 aliphatic heterocycles. The number of benzene rings is 1. The van der Waals surface area contributed by atoms with Crippen LogP contribution in [0.25, 0.3) is 0 Å². The number of methoxy groups -OCH3 is 1. The van der Waals surface area contributed by atoms with Gasteiger partial charge in [-0.25, -0.2) is 9.97 Å². The molecule has 3 rings (SSSR count). The third-order valence-electron chi connectivity index (χ3n) is 3.85. The highest BCUT2D eigenvalue weighted by Gasteiger charge is 2.34. The van der Waals surface area contributed by atoms with E-state index in [0.29, 0.717) is 5.82 Å². The first-order chi connectivity index (χ1) is 11.2. The van der Waals surface area contributed by atoms with Crippen LogP contribution in [-0.4, -0.2) is 41.0 Å². The lowest BCUT2D eigenvalue weighted by atomic mass is 9.99. The molecule has 1 atom stereocenters. The molecule has 0 radical (unpaired) electrons. The Hall–Kier alpha value is -2.47. The van der Waals surface area contributed by atoms with Gasteiger partial charge in [-0.3, -0.25) is 4.79 Å². The van der Waals surface area contributed by atoms with E-state index in [-0.39, 0.29) is 18.6 Å². The summed E-state index contributed by atoms with van der Waals surface area (Å²) in [4.78, 5) is 22.7. The summed E-state index contributed by atoms with van der Waals surface area (Å²) < 4.78 is 4.93. The van der Waals surface area contributed by atoms with Gasteiger partial charge in [-0.05, 0) is 25.5 Å². The van der Waals surface area contributed by atoms with Crippen LogP contribution in [0, 0.1) is 6.92 Å². The fourth-order valence-electron chi connectivity index (χ4n) is 2.69. The molecule has 0 unspecified atom stereocenters. The van der Waals surface area contributed by atoms with E-state index in [1.807, 2.05) is 43.3 Å². The second-order valence-corrected chi connectivity index (χ2v) is 5.54. The van der Waals surface area contributed by atoms with Crippen molar-refractivity contribution in [2.24, 2.45) is 0 Å². The number of anilines is 2. The van der Waals surface area contributed by atoms with Gasteiger partial charge in [0.05, 0.1) is 11.7 Å². The van der Waals surface area contributed by atoms with Gasteiger partial charge < -0.3 is 15.0 Å². The van der Waals surface area contributed by atoms with Crippen molar-refractivity contribution in [1.29, 1.82) is 0 Å². The summed E-state index contributed by atoms with van der Waals surface area (Å²) in [6, 6.07) is 11.8. The van der Waals surface area contributed by atoms with E-state index in [9.17, 15) is 4.79 Å². The molecule has 23 heavy (non-hydrogen) atoms. The van der Waals surface area contributed by atoms with Crippen molar-refractivity contribution < 1.29 is 9.53 Å². The molecule has 6 nitrogen and oxygen atoms in total. The molecule has 1 saturated heterocycles. The van der Waals surface area contributed by atoms with E-state index in [1.165, 1.54) is 7.11 Å². The van der Waals surface area contributed by atoms with Crippen molar-refractivity contribution in [3.8, 4) is 0 Å². The van der Waals surface area contributed by atoms with Crippen molar-refractivity contribution in [3.63, 3.8) is 0 Å². The number of likely N-dealkylation sites (tertiary alicyclic amines) is 1. The first-order valence-corrected chi connectivity index (χ1v) is 7.63. The van der Waals surface area contributed by atoms with Gasteiger partial charge in [0, 0.05) is 25.4 Å². The molecule has 1 N–H and O–H groups in total. The highest BCUT2D eigenvalue weighted by Crippen LogP contribution is 2.33. The Kier molecular flexibility index (Phi) is 4.52. The lowest BCUT2D eigenvalue weighted by Crippen LogP contribution is -2.47. The number of carbonyl (C=O) groups excluding carboxylic acids is 1. The zero-order valence-electron chi connectivity index (χ0n) is 13.3. The van der Waals surface area contributed by atoms with Gasteiger partial charge in [0.1, 0.15) is 18.2 Å². The largest absolute Gasteiger partial charge is 0.375 e. The number of para-hydroxylation sites is 1. The molecular weight excluding hydrogens is 292 g/mol. The lowest BCUT2D eigenvalue weighted by Gasteiger charge is -2.40. The molecule has 1 aromatic carbocycles. The normalized spacial score (nSPS) is 16.8. The first kappa shape index (κ1) is 15.4. The van der Waals surface area contributed by atoms with E-state index >= 15 is 0 Å². The van der Waals surface area contributed by atoms with Crippen molar-refractivity contribution in [3.05, 3.63) is 47.9 Å². The average molecular weight is 312 g/mol. The average Bonchev–Trinajstić information content (AvgIpc) is 2.46. The topological polar surface area (TPSA) is 67.3 Å². The van der Waals surface area contributed by atoms with E-state index in [2.05, 4.69) is 15.3 Å². The van der Waals surface area contributed by atoms with Gasteiger partial charge >= 0.3 is 0 Å². The van der Waals surface area contributed by atoms with Crippen molar-refractivity contribution in [1.82, 2.24) is 14.9 Å². The summed E-state index contributed by atoms with van der Waals surface area (Å²) in [5.41, 5.74) is 1.84. The van der Waals surface area contributed by atoms with Crippen molar-refractivity contribution in [2.75, 3.05) is 25.6 Å². The highest BCUT2D eigenvalue weighted by atomic mass is 16.5. The van der Waals surface area contributed by atoms with Gasteiger partial charge in [-0.15, -0.1) is 0 Å². The summed E-state index contributed by atoms with van der Waals surface area (Å²) in [5, 5.41) is 3.28. The minimum atomic E-state index is -0.00224.